The van der Waals surface area contributed by atoms with Crippen molar-refractivity contribution in [3.05, 3.63) is 57.6 Å². The van der Waals surface area contributed by atoms with E-state index in [4.69, 9.17) is 43.7 Å². The van der Waals surface area contributed by atoms with Gasteiger partial charge in [-0.1, -0.05) is 23.7 Å². The Morgan fingerprint density at radius 3 is 2.79 bits per heavy atom. The number of aromatic nitrogens is 2. The van der Waals surface area contributed by atoms with Gasteiger partial charge in [-0.05, 0) is 37.6 Å². The molecule has 4 unspecified atom stereocenters. The van der Waals surface area contributed by atoms with Crippen LogP contribution >= 0.6 is 27.2 Å². The van der Waals surface area contributed by atoms with Gasteiger partial charge >= 0.3 is 33.2 Å². The second-order valence-electron chi connectivity index (χ2n) is 9.35. The minimum Gasteiger partial charge on any atom is -0.464 e. The normalized spacial score (nSPS) is 33.0. The number of rotatable bonds is 8. The molecule has 4 heterocycles. The van der Waals surface area contributed by atoms with Crippen LogP contribution in [0.3, 0.4) is 0 Å². The lowest BCUT2D eigenvalue weighted by atomic mass is 10.1. The molecule has 3 fully saturated rings. The number of ether oxygens (including phenoxy) is 2. The fraction of sp³-hybridized carbons (Fsp3) is 0.522. The van der Waals surface area contributed by atoms with E-state index < -0.39 is 70.4 Å². The van der Waals surface area contributed by atoms with Crippen LogP contribution in [0.2, 0.25) is 5.02 Å². The van der Waals surface area contributed by atoms with E-state index >= 15 is 8.78 Å². The fourth-order valence-electron chi connectivity index (χ4n) is 4.44. The molecule has 0 spiro atoms. The first kappa shape index (κ1) is 31.2. The standard InChI is InChI=1S/C23H26ClF2N3O11P2/c1-3-34-20(30)13(2)38-42(33)36-12-17-19(40-42)23(25,26)21(37-17)29-9-7-18(27-22(29)31)28-41(32)35-10-8-16(39-41)14-5-4-6-15(24)11-14/h4-7,9,11,13,16-17,19,21H,3,8,10,12H2,1-2H3,(H,27,28,31,32)/t13-,16?,17+,19?,21+,41?,42?/m0/s1. The number of esters is 1. The number of anilines is 1. The van der Waals surface area contributed by atoms with Crippen LogP contribution < -0.4 is 10.8 Å². The van der Waals surface area contributed by atoms with E-state index in [2.05, 4.69) is 10.1 Å². The number of fused-ring (bicyclic) bond motifs is 1. The van der Waals surface area contributed by atoms with Crippen molar-refractivity contribution in [2.45, 2.75) is 56.8 Å². The third-order valence-electron chi connectivity index (χ3n) is 6.36. The number of benzene rings is 1. The molecule has 7 atom stereocenters. The van der Waals surface area contributed by atoms with Crippen LogP contribution in [-0.2, 0) is 46.0 Å². The van der Waals surface area contributed by atoms with Gasteiger partial charge in [-0.25, -0.2) is 18.7 Å². The Hall–Kier alpha value is -2.26. The Bertz CT molecular complexity index is 1500. The van der Waals surface area contributed by atoms with Crippen molar-refractivity contribution in [2.24, 2.45) is 0 Å². The van der Waals surface area contributed by atoms with E-state index in [1.54, 1.807) is 24.3 Å². The van der Waals surface area contributed by atoms with Crippen LogP contribution in [0.5, 0.6) is 0 Å². The molecule has 0 amide bonds. The van der Waals surface area contributed by atoms with E-state index in [1.165, 1.54) is 13.8 Å². The van der Waals surface area contributed by atoms with Crippen molar-refractivity contribution in [3.8, 4) is 0 Å². The number of phosphoric acid groups is 1. The van der Waals surface area contributed by atoms with Crippen LogP contribution in [0.15, 0.2) is 41.3 Å². The SMILES string of the molecule is CCOC(=O)[C@H](C)OP1(=O)OC[C@H]2O[C@@H](n3ccc(NP4(=O)OCCC(c5cccc(Cl)c5)O4)nc3=O)C(F)(F)C2O1. The van der Waals surface area contributed by atoms with Gasteiger partial charge in [-0.15, -0.1) is 0 Å². The summed E-state index contributed by atoms with van der Waals surface area (Å²) in [5.41, 5.74) is -0.538. The zero-order valence-electron chi connectivity index (χ0n) is 22.1. The van der Waals surface area contributed by atoms with Crippen LogP contribution in [0, 0.1) is 0 Å². The molecule has 0 aliphatic carbocycles. The summed E-state index contributed by atoms with van der Waals surface area (Å²) in [5.74, 6) is -5.09. The van der Waals surface area contributed by atoms with E-state index in [-0.39, 0.29) is 19.0 Å². The van der Waals surface area contributed by atoms with Crippen molar-refractivity contribution < 1.29 is 54.8 Å². The maximum Gasteiger partial charge on any atom is 0.476 e. The smallest absolute Gasteiger partial charge is 0.464 e. The van der Waals surface area contributed by atoms with Gasteiger partial charge in [0, 0.05) is 17.6 Å². The lowest BCUT2D eigenvalue weighted by molar-refractivity contribution is -0.155. The summed E-state index contributed by atoms with van der Waals surface area (Å²) < 4.78 is 93.5. The summed E-state index contributed by atoms with van der Waals surface area (Å²) >= 11 is 6.03. The number of alkyl halides is 2. The summed E-state index contributed by atoms with van der Waals surface area (Å²) in [6.45, 7) is 2.15. The highest BCUT2D eigenvalue weighted by atomic mass is 35.5. The average molecular weight is 656 g/mol. The zero-order chi connectivity index (χ0) is 30.3. The molecular weight excluding hydrogens is 630 g/mol. The number of hydrogen-bond acceptors (Lipinski definition) is 12. The third kappa shape index (κ3) is 6.47. The van der Waals surface area contributed by atoms with Crippen molar-refractivity contribution >= 4 is 39.0 Å². The molecule has 1 N–H and O–H groups in total. The molecule has 3 aliphatic rings. The number of nitrogens with one attached hydrogen (secondary N) is 1. The highest BCUT2D eigenvalue weighted by Gasteiger charge is 2.65. The van der Waals surface area contributed by atoms with Crippen molar-refractivity contribution in [1.29, 1.82) is 0 Å². The first-order valence-electron chi connectivity index (χ1n) is 12.7. The molecule has 230 valence electrons. The summed E-state index contributed by atoms with van der Waals surface area (Å²) in [5, 5.41) is 2.90. The highest BCUT2D eigenvalue weighted by molar-refractivity contribution is 7.55. The molecule has 1 aromatic heterocycles. The molecule has 42 heavy (non-hydrogen) atoms. The number of carbonyl (C=O) groups excluding carboxylic acids is 1. The number of phosphoric ester groups is 1. The fourth-order valence-corrected chi connectivity index (χ4v) is 7.65. The second kappa shape index (κ2) is 12.0. The van der Waals surface area contributed by atoms with Crippen LogP contribution in [-0.4, -0.2) is 59.6 Å². The lowest BCUT2D eigenvalue weighted by Gasteiger charge is -2.32. The van der Waals surface area contributed by atoms with Gasteiger partial charge in [0.1, 0.15) is 11.9 Å². The Kier molecular flexibility index (Phi) is 8.93. The summed E-state index contributed by atoms with van der Waals surface area (Å²) in [6.07, 6.45) is -6.57. The number of hydrogen-bond donors (Lipinski definition) is 1. The quantitative estimate of drug-likeness (QED) is 0.310. The summed E-state index contributed by atoms with van der Waals surface area (Å²) in [7, 11) is -8.65. The Balaban J connectivity index is 1.29. The molecule has 3 saturated heterocycles. The maximum atomic E-state index is 15.5. The molecular formula is C23H26ClF2N3O11P2. The van der Waals surface area contributed by atoms with Crippen molar-refractivity contribution in [1.82, 2.24) is 9.55 Å². The molecule has 0 saturated carbocycles. The topological polar surface area (TPSA) is 163 Å². The highest BCUT2D eigenvalue weighted by Crippen LogP contribution is 2.60. The van der Waals surface area contributed by atoms with E-state index in [0.29, 0.717) is 21.6 Å². The van der Waals surface area contributed by atoms with Crippen LogP contribution in [0.25, 0.3) is 0 Å². The average Bonchev–Trinajstić information content (AvgIpc) is 3.17. The largest absolute Gasteiger partial charge is 0.476 e. The molecule has 1 aromatic carbocycles. The van der Waals surface area contributed by atoms with E-state index in [1.807, 2.05) is 0 Å². The summed E-state index contributed by atoms with van der Waals surface area (Å²) in [6, 6.07) is 7.88. The third-order valence-corrected chi connectivity index (χ3v) is 9.67. The van der Waals surface area contributed by atoms with E-state index in [9.17, 15) is 18.7 Å². The van der Waals surface area contributed by atoms with Gasteiger partial charge in [0.05, 0.1) is 25.9 Å². The van der Waals surface area contributed by atoms with Gasteiger partial charge in [-0.2, -0.15) is 13.8 Å². The van der Waals surface area contributed by atoms with Gasteiger partial charge in [0.15, 0.2) is 12.2 Å². The molecule has 5 rings (SSSR count). The molecule has 0 radical (unpaired) electrons. The molecule has 0 bridgehead atoms. The summed E-state index contributed by atoms with van der Waals surface area (Å²) in [4.78, 5) is 28.3. The number of nitrogens with zero attached hydrogens (tertiary/aromatic N) is 2. The Labute approximate surface area is 242 Å². The molecule has 19 heteroatoms. The maximum absolute atomic E-state index is 15.5. The van der Waals surface area contributed by atoms with Crippen LogP contribution in [0.4, 0.5) is 14.6 Å². The first-order chi connectivity index (χ1) is 19.8. The molecule has 2 aromatic rings. The zero-order valence-corrected chi connectivity index (χ0v) is 24.6. The molecule has 3 aliphatic heterocycles. The minimum atomic E-state index is -4.63. The first-order valence-corrected chi connectivity index (χ1v) is 16.1. The van der Waals surface area contributed by atoms with Crippen molar-refractivity contribution in [3.63, 3.8) is 0 Å². The van der Waals surface area contributed by atoms with Gasteiger partial charge in [0.25, 0.3) is 0 Å². The van der Waals surface area contributed by atoms with Crippen molar-refractivity contribution in [2.75, 3.05) is 24.9 Å². The predicted octanol–water partition coefficient (Wildman–Crippen LogP) is 4.62. The Morgan fingerprint density at radius 2 is 2.07 bits per heavy atom. The lowest BCUT2D eigenvalue weighted by Crippen LogP contribution is -2.45. The van der Waals surface area contributed by atoms with Gasteiger partial charge in [0.2, 0.25) is 6.23 Å². The monoisotopic (exact) mass is 655 g/mol. The molecule has 14 nitrogen and oxygen atoms in total. The number of carbonyl (C=O) groups is 1. The number of halogens is 3. The predicted molar refractivity (Wildman–Crippen MR) is 140 cm³/mol. The van der Waals surface area contributed by atoms with Crippen LogP contribution in [0.1, 0.15) is 38.2 Å². The van der Waals surface area contributed by atoms with Gasteiger partial charge in [-0.3, -0.25) is 32.3 Å². The van der Waals surface area contributed by atoms with E-state index in [0.717, 1.165) is 12.3 Å². The minimum absolute atomic E-state index is 0.00899. The van der Waals surface area contributed by atoms with Gasteiger partial charge < -0.3 is 9.47 Å². The Morgan fingerprint density at radius 1 is 1.29 bits per heavy atom. The second-order valence-corrected chi connectivity index (χ2v) is 13.1.